The normalized spacial score (nSPS) is 17.6. The third-order valence-electron chi connectivity index (χ3n) is 6.76. The molecular formula is C24H22ClN9O3. The van der Waals surface area contributed by atoms with Crippen molar-refractivity contribution in [2.24, 2.45) is 7.05 Å². The van der Waals surface area contributed by atoms with Crippen LogP contribution in [-0.4, -0.2) is 52.1 Å². The highest BCUT2D eigenvalue weighted by Gasteiger charge is 2.29. The van der Waals surface area contributed by atoms with Gasteiger partial charge in [-0.2, -0.15) is 15.2 Å². The van der Waals surface area contributed by atoms with Crippen LogP contribution in [-0.2, 0) is 11.8 Å². The van der Waals surface area contributed by atoms with E-state index in [2.05, 4.69) is 30.5 Å². The molecule has 5 aromatic rings. The summed E-state index contributed by atoms with van der Waals surface area (Å²) in [6.45, 7) is 1.11. The van der Waals surface area contributed by atoms with E-state index in [9.17, 15) is 4.79 Å². The molecule has 37 heavy (non-hydrogen) atoms. The third kappa shape index (κ3) is 3.80. The third-order valence-corrected chi connectivity index (χ3v) is 7.13. The fraction of sp³-hybridized carbons (Fsp3) is 0.333. The van der Waals surface area contributed by atoms with Crippen molar-refractivity contribution < 1.29 is 9.47 Å². The Kier molecular flexibility index (Phi) is 5.11. The van der Waals surface area contributed by atoms with Crippen LogP contribution in [0.25, 0.3) is 16.7 Å². The maximum absolute atomic E-state index is 13.4. The number of halogens is 1. The topological polar surface area (TPSA) is 126 Å². The maximum atomic E-state index is 13.4. The molecule has 6 heterocycles. The Balaban J connectivity index is 1.26. The number of hydrogen-bond acceptors (Lipinski definition) is 9. The minimum atomic E-state index is -0.211. The first-order chi connectivity index (χ1) is 18.1. The standard InChI is InChI=1S/C24H22ClN9O3/c1-32-21-20(25)19(37-18-11-28-33-6-5-26-9-17(18)33)10-27-22(21)30-24(32)29-16-8-15(13-2-3-13)31-34(23(16)35)14-4-7-36-12-14/h5-6,8-11,13-14H,2-4,7,12H2,1H3,(H,27,29,30)/t14-/m1/s1. The van der Waals surface area contributed by atoms with Crippen molar-refractivity contribution in [1.29, 1.82) is 0 Å². The van der Waals surface area contributed by atoms with E-state index in [0.29, 0.717) is 64.0 Å². The molecule has 2 fully saturated rings. The molecule has 1 aliphatic carbocycles. The van der Waals surface area contributed by atoms with Crippen LogP contribution in [0.5, 0.6) is 11.5 Å². The van der Waals surface area contributed by atoms with Gasteiger partial charge in [-0.05, 0) is 25.3 Å². The Bertz CT molecular complexity index is 1720. The van der Waals surface area contributed by atoms with Gasteiger partial charge in [0.2, 0.25) is 5.95 Å². The van der Waals surface area contributed by atoms with E-state index >= 15 is 0 Å². The maximum Gasteiger partial charge on any atom is 0.290 e. The lowest BCUT2D eigenvalue weighted by molar-refractivity contribution is 0.183. The summed E-state index contributed by atoms with van der Waals surface area (Å²) < 4.78 is 16.5. The van der Waals surface area contributed by atoms with Gasteiger partial charge in [-0.25, -0.2) is 14.2 Å². The van der Waals surface area contributed by atoms with Gasteiger partial charge in [0.1, 0.15) is 21.7 Å². The summed E-state index contributed by atoms with van der Waals surface area (Å²) in [7, 11) is 1.81. The fourth-order valence-electron chi connectivity index (χ4n) is 4.59. The number of rotatable bonds is 6. The number of fused-ring (bicyclic) bond motifs is 2. The molecule has 13 heteroatoms. The predicted octanol–water partition coefficient (Wildman–Crippen LogP) is 3.60. The van der Waals surface area contributed by atoms with E-state index in [1.807, 2.05) is 6.07 Å². The van der Waals surface area contributed by atoms with Crippen molar-refractivity contribution >= 4 is 39.9 Å². The number of nitrogens with one attached hydrogen (secondary N) is 1. The summed E-state index contributed by atoms with van der Waals surface area (Å²) in [6.07, 6.45) is 11.0. The van der Waals surface area contributed by atoms with E-state index < -0.39 is 0 Å². The summed E-state index contributed by atoms with van der Waals surface area (Å²) >= 11 is 6.76. The Labute approximate surface area is 214 Å². The molecule has 0 unspecified atom stereocenters. The highest BCUT2D eigenvalue weighted by Crippen LogP contribution is 2.40. The van der Waals surface area contributed by atoms with Crippen LogP contribution in [0.2, 0.25) is 5.02 Å². The van der Waals surface area contributed by atoms with Crippen molar-refractivity contribution in [2.45, 2.75) is 31.2 Å². The molecule has 0 bridgehead atoms. The number of ether oxygens (including phenoxy) is 2. The monoisotopic (exact) mass is 519 g/mol. The average molecular weight is 520 g/mol. The second kappa shape index (κ2) is 8.53. The highest BCUT2D eigenvalue weighted by molar-refractivity contribution is 6.36. The summed E-state index contributed by atoms with van der Waals surface area (Å²) in [5, 5.41) is 12.5. The molecule has 0 spiro atoms. The lowest BCUT2D eigenvalue weighted by Crippen LogP contribution is -2.30. The van der Waals surface area contributed by atoms with E-state index in [4.69, 9.17) is 21.1 Å². The van der Waals surface area contributed by atoms with Gasteiger partial charge >= 0.3 is 0 Å². The van der Waals surface area contributed by atoms with Crippen molar-refractivity contribution in [3.8, 4) is 11.5 Å². The average Bonchev–Trinajstić information content (AvgIpc) is 3.31. The largest absolute Gasteiger partial charge is 0.450 e. The first-order valence-electron chi connectivity index (χ1n) is 12.0. The van der Waals surface area contributed by atoms with E-state index in [-0.39, 0.29) is 11.6 Å². The summed E-state index contributed by atoms with van der Waals surface area (Å²) in [5.41, 5.74) is 2.79. The number of nitrogens with zero attached hydrogens (tertiary/aromatic N) is 8. The first-order valence-corrected chi connectivity index (χ1v) is 12.4. The van der Waals surface area contributed by atoms with Gasteiger partial charge in [0.15, 0.2) is 17.1 Å². The molecule has 12 nitrogen and oxygen atoms in total. The molecule has 188 valence electrons. The molecule has 0 amide bonds. The van der Waals surface area contributed by atoms with Crippen molar-refractivity contribution in [2.75, 3.05) is 18.5 Å². The molecule has 1 saturated carbocycles. The smallest absolute Gasteiger partial charge is 0.290 e. The Hall–Kier alpha value is -4.03. The summed E-state index contributed by atoms with van der Waals surface area (Å²) in [6, 6.07) is 1.76. The summed E-state index contributed by atoms with van der Waals surface area (Å²) in [5.74, 6) is 1.66. The zero-order valence-electron chi connectivity index (χ0n) is 19.8. The van der Waals surface area contributed by atoms with Gasteiger partial charge < -0.3 is 19.4 Å². The van der Waals surface area contributed by atoms with Crippen LogP contribution in [0.3, 0.4) is 0 Å². The van der Waals surface area contributed by atoms with Gasteiger partial charge in [0, 0.05) is 32.0 Å². The van der Waals surface area contributed by atoms with Crippen molar-refractivity contribution in [1.82, 2.24) is 38.9 Å². The SMILES string of the molecule is Cn1c(Nc2cc(C3CC3)nn([C@@H]3CCOC3)c2=O)nc2ncc(Oc3cnn4ccncc34)c(Cl)c21. The first kappa shape index (κ1) is 22.2. The minimum Gasteiger partial charge on any atom is -0.450 e. The molecular weight excluding hydrogens is 498 g/mol. The van der Waals surface area contributed by atoms with Gasteiger partial charge in [0.05, 0.1) is 36.9 Å². The Morgan fingerprint density at radius 1 is 1.19 bits per heavy atom. The fourth-order valence-corrected chi connectivity index (χ4v) is 4.89. The Morgan fingerprint density at radius 3 is 2.89 bits per heavy atom. The number of hydrogen-bond donors (Lipinski definition) is 1. The second-order valence-electron chi connectivity index (χ2n) is 9.27. The predicted molar refractivity (Wildman–Crippen MR) is 135 cm³/mol. The van der Waals surface area contributed by atoms with Crippen LogP contribution in [0.15, 0.2) is 41.8 Å². The number of pyridine rings is 1. The molecule has 1 aliphatic heterocycles. The summed E-state index contributed by atoms with van der Waals surface area (Å²) in [4.78, 5) is 26.5. The number of anilines is 2. The van der Waals surface area contributed by atoms with Gasteiger partial charge in [-0.1, -0.05) is 11.6 Å². The van der Waals surface area contributed by atoms with E-state index in [0.717, 1.165) is 25.0 Å². The van der Waals surface area contributed by atoms with Crippen LogP contribution in [0.4, 0.5) is 11.6 Å². The van der Waals surface area contributed by atoms with Crippen LogP contribution >= 0.6 is 11.6 Å². The van der Waals surface area contributed by atoms with E-state index in [1.165, 1.54) is 6.20 Å². The quantitative estimate of drug-likeness (QED) is 0.358. The minimum absolute atomic E-state index is 0.0712. The molecule has 0 radical (unpaired) electrons. The number of imidazole rings is 1. The van der Waals surface area contributed by atoms with Crippen molar-refractivity contribution in [3.63, 3.8) is 0 Å². The zero-order valence-corrected chi connectivity index (χ0v) is 20.6. The Morgan fingerprint density at radius 2 is 2.08 bits per heavy atom. The van der Waals surface area contributed by atoms with Crippen LogP contribution < -0.4 is 15.6 Å². The van der Waals surface area contributed by atoms with Gasteiger partial charge in [-0.15, -0.1) is 0 Å². The lowest BCUT2D eigenvalue weighted by Gasteiger charge is -2.15. The molecule has 5 aromatic heterocycles. The lowest BCUT2D eigenvalue weighted by atomic mass is 10.2. The molecule has 2 aliphatic rings. The molecule has 1 saturated heterocycles. The molecule has 7 rings (SSSR count). The second-order valence-corrected chi connectivity index (χ2v) is 9.65. The van der Waals surface area contributed by atoms with Crippen LogP contribution in [0, 0.1) is 0 Å². The molecule has 1 atom stereocenters. The number of aryl methyl sites for hydroxylation is 1. The van der Waals surface area contributed by atoms with Gasteiger partial charge in [0.25, 0.3) is 5.56 Å². The van der Waals surface area contributed by atoms with Gasteiger partial charge in [-0.3, -0.25) is 9.78 Å². The highest BCUT2D eigenvalue weighted by atomic mass is 35.5. The zero-order chi connectivity index (χ0) is 25.1. The number of aromatic nitrogens is 8. The van der Waals surface area contributed by atoms with Crippen molar-refractivity contribution in [3.05, 3.63) is 58.1 Å². The van der Waals surface area contributed by atoms with E-state index in [1.54, 1.807) is 45.6 Å². The molecule has 1 N–H and O–H groups in total. The molecule has 0 aromatic carbocycles. The van der Waals surface area contributed by atoms with Crippen LogP contribution in [0.1, 0.15) is 36.9 Å².